The van der Waals surface area contributed by atoms with E-state index in [-0.39, 0.29) is 11.0 Å². The Morgan fingerprint density at radius 3 is 2.28 bits per heavy atom. The molecule has 0 radical (unpaired) electrons. The van der Waals surface area contributed by atoms with Crippen LogP contribution in [0.5, 0.6) is 0 Å². The lowest BCUT2D eigenvalue weighted by atomic mass is 10.2. The van der Waals surface area contributed by atoms with Crippen LogP contribution in [-0.2, 0) is 14.0 Å². The third-order valence-electron chi connectivity index (χ3n) is 3.33. The van der Waals surface area contributed by atoms with E-state index < -0.39 is 14.4 Å². The molecule has 2 atom stereocenters. The monoisotopic (exact) mass is 271 g/mol. The molecule has 5 heteroatoms. The molecule has 0 aliphatic carbocycles. The van der Waals surface area contributed by atoms with Gasteiger partial charge < -0.3 is 9.16 Å². The summed E-state index contributed by atoms with van der Waals surface area (Å²) in [6.07, 6.45) is 0.0253. The summed E-state index contributed by atoms with van der Waals surface area (Å²) >= 11 is 0. The summed E-state index contributed by atoms with van der Waals surface area (Å²) in [5.41, 5.74) is 0. The maximum Gasteiger partial charge on any atom is 0.333 e. The number of esters is 1. The summed E-state index contributed by atoms with van der Waals surface area (Å²) in [4.78, 5) is 11.8. The lowest BCUT2D eigenvalue weighted by Crippen LogP contribution is -2.48. The van der Waals surface area contributed by atoms with Crippen LogP contribution in [0.4, 0.5) is 0 Å². The minimum Gasteiger partial charge on any atom is -0.464 e. The zero-order valence-electron chi connectivity index (χ0n) is 12.4. The quantitative estimate of drug-likeness (QED) is 0.549. The van der Waals surface area contributed by atoms with Crippen LogP contribution in [0.3, 0.4) is 0 Å². The largest absolute Gasteiger partial charge is 0.464 e. The first-order chi connectivity index (χ1) is 8.21. The Morgan fingerprint density at radius 1 is 1.39 bits per heavy atom. The molecule has 1 unspecified atom stereocenters. The van der Waals surface area contributed by atoms with Gasteiger partial charge in [-0.05, 0) is 24.9 Å². The van der Waals surface area contributed by atoms with Crippen molar-refractivity contribution in [1.82, 2.24) is 0 Å². The smallest absolute Gasteiger partial charge is 0.333 e. The highest BCUT2D eigenvalue weighted by Gasteiger charge is 2.44. The summed E-state index contributed by atoms with van der Waals surface area (Å²) in [6.45, 7) is 12.2. The highest BCUT2D eigenvalue weighted by Crippen LogP contribution is 2.40. The van der Waals surface area contributed by atoms with Crippen molar-refractivity contribution in [2.24, 2.45) is 0 Å². The van der Waals surface area contributed by atoms with E-state index >= 15 is 0 Å². The lowest BCUT2D eigenvalue weighted by Gasteiger charge is -2.39. The van der Waals surface area contributed by atoms with Crippen molar-refractivity contribution in [1.29, 1.82) is 5.26 Å². The first-order valence-corrected chi connectivity index (χ1v) is 9.04. The fourth-order valence-electron chi connectivity index (χ4n) is 1.48. The highest BCUT2D eigenvalue weighted by atomic mass is 28.4. The molecule has 0 rings (SSSR count). The Hall–Kier alpha value is -0.863. The maximum atomic E-state index is 11.8. The number of carbonyl (C=O) groups is 1. The summed E-state index contributed by atoms with van der Waals surface area (Å²) < 4.78 is 11.1. The number of hydrogen-bond acceptors (Lipinski definition) is 4. The van der Waals surface area contributed by atoms with Crippen LogP contribution in [0, 0.1) is 11.3 Å². The molecule has 0 heterocycles. The average Bonchev–Trinajstić information content (AvgIpc) is 2.25. The Kier molecular flexibility index (Phi) is 6.58. The van der Waals surface area contributed by atoms with Crippen molar-refractivity contribution in [3.05, 3.63) is 0 Å². The first kappa shape index (κ1) is 17.1. The zero-order chi connectivity index (χ0) is 14.4. The second-order valence-electron chi connectivity index (χ2n) is 5.58. The van der Waals surface area contributed by atoms with E-state index in [9.17, 15) is 4.79 Å². The maximum absolute atomic E-state index is 11.8. The molecule has 0 saturated heterocycles. The lowest BCUT2D eigenvalue weighted by molar-refractivity contribution is -0.152. The molecule has 0 amide bonds. The van der Waals surface area contributed by atoms with Crippen LogP contribution < -0.4 is 0 Å². The van der Waals surface area contributed by atoms with Crippen molar-refractivity contribution in [3.8, 4) is 6.07 Å². The average molecular weight is 271 g/mol. The van der Waals surface area contributed by atoms with Gasteiger partial charge in [0.25, 0.3) is 0 Å². The van der Waals surface area contributed by atoms with Gasteiger partial charge in [-0.1, -0.05) is 27.7 Å². The molecule has 0 aromatic heterocycles. The van der Waals surface area contributed by atoms with E-state index in [0.29, 0.717) is 19.1 Å². The van der Waals surface area contributed by atoms with Crippen molar-refractivity contribution >= 4 is 14.3 Å². The molecule has 0 aromatic carbocycles. The first-order valence-electron chi connectivity index (χ1n) is 6.43. The molecule has 0 N–H and O–H groups in total. The van der Waals surface area contributed by atoms with Gasteiger partial charge in [0.15, 0.2) is 0 Å². The van der Waals surface area contributed by atoms with Crippen molar-refractivity contribution in [2.45, 2.75) is 64.8 Å². The standard InChI is InChI=1S/C13H25NO3Si/c1-7-11(12(15)16-8-2)17-18(6,10-9-14)13(3,4)5/h11H,7-8,10H2,1-6H3/t11-,18?/m1/s1. The van der Waals surface area contributed by atoms with Crippen molar-refractivity contribution in [2.75, 3.05) is 6.61 Å². The molecule has 0 aliphatic heterocycles. The summed E-state index contributed by atoms with van der Waals surface area (Å²) in [5.74, 6) is -0.319. The van der Waals surface area contributed by atoms with Gasteiger partial charge in [0, 0.05) is 0 Å². The molecule has 4 nitrogen and oxygen atoms in total. The van der Waals surface area contributed by atoms with Gasteiger partial charge in [-0.25, -0.2) is 4.79 Å². The van der Waals surface area contributed by atoms with Gasteiger partial charge in [0.05, 0.1) is 18.7 Å². The molecular formula is C13H25NO3Si. The van der Waals surface area contributed by atoms with Gasteiger partial charge in [-0.2, -0.15) is 5.26 Å². The van der Waals surface area contributed by atoms with Gasteiger partial charge >= 0.3 is 5.97 Å². The Bertz CT molecular complexity index is 319. The number of ether oxygens (including phenoxy) is 1. The number of carbonyl (C=O) groups excluding carboxylic acids is 1. The second-order valence-corrected chi connectivity index (χ2v) is 10.1. The van der Waals surface area contributed by atoms with Crippen LogP contribution in [0.25, 0.3) is 0 Å². The molecule has 18 heavy (non-hydrogen) atoms. The van der Waals surface area contributed by atoms with Gasteiger partial charge in [0.2, 0.25) is 8.32 Å². The van der Waals surface area contributed by atoms with E-state index in [2.05, 4.69) is 26.8 Å². The number of nitriles is 1. The molecule has 0 saturated carbocycles. The van der Waals surface area contributed by atoms with Crippen molar-refractivity contribution < 1.29 is 14.0 Å². The molecular weight excluding hydrogens is 246 g/mol. The number of nitrogens with zero attached hydrogens (tertiary/aromatic N) is 1. The zero-order valence-corrected chi connectivity index (χ0v) is 13.4. The fourth-order valence-corrected chi connectivity index (χ4v) is 3.64. The number of rotatable bonds is 6. The predicted octanol–water partition coefficient (Wildman–Crippen LogP) is 3.24. The van der Waals surface area contributed by atoms with Crippen LogP contribution >= 0.6 is 0 Å². The minimum absolute atomic E-state index is 0.0946. The van der Waals surface area contributed by atoms with E-state index in [1.54, 1.807) is 6.92 Å². The molecule has 0 spiro atoms. The van der Waals surface area contributed by atoms with E-state index in [0.717, 1.165) is 0 Å². The summed E-state index contributed by atoms with van der Waals surface area (Å²) in [6, 6.07) is 2.58. The third-order valence-corrected chi connectivity index (χ3v) is 8.14. The molecule has 0 fully saturated rings. The van der Waals surface area contributed by atoms with E-state index in [4.69, 9.17) is 14.4 Å². The predicted molar refractivity (Wildman–Crippen MR) is 73.6 cm³/mol. The Morgan fingerprint density at radius 2 is 1.94 bits per heavy atom. The molecule has 0 bridgehead atoms. The van der Waals surface area contributed by atoms with Crippen LogP contribution in [-0.4, -0.2) is 27.0 Å². The van der Waals surface area contributed by atoms with E-state index in [1.807, 2.05) is 13.5 Å². The second kappa shape index (κ2) is 6.91. The highest BCUT2D eigenvalue weighted by molar-refractivity contribution is 6.76. The Balaban J connectivity index is 4.97. The SMILES string of the molecule is CCOC(=O)[C@@H](CC)O[Si](C)(CC#N)C(C)(C)C. The van der Waals surface area contributed by atoms with Crippen LogP contribution in [0.15, 0.2) is 0 Å². The molecule has 0 aliphatic rings. The third kappa shape index (κ3) is 4.43. The number of hydrogen-bond donors (Lipinski definition) is 0. The summed E-state index contributed by atoms with van der Waals surface area (Å²) in [7, 11) is -2.29. The van der Waals surface area contributed by atoms with Gasteiger partial charge in [-0.3, -0.25) is 0 Å². The van der Waals surface area contributed by atoms with Crippen LogP contribution in [0.1, 0.15) is 41.0 Å². The van der Waals surface area contributed by atoms with Gasteiger partial charge in [0.1, 0.15) is 6.10 Å². The van der Waals surface area contributed by atoms with Crippen molar-refractivity contribution in [3.63, 3.8) is 0 Å². The summed E-state index contributed by atoms with van der Waals surface area (Å²) in [5, 5.41) is 8.89. The fraction of sp³-hybridized carbons (Fsp3) is 0.846. The topological polar surface area (TPSA) is 59.3 Å². The molecule has 0 aromatic rings. The normalized spacial score (nSPS) is 16.5. The Labute approximate surface area is 111 Å². The van der Waals surface area contributed by atoms with Gasteiger partial charge in [-0.15, -0.1) is 0 Å². The minimum atomic E-state index is -2.29. The van der Waals surface area contributed by atoms with E-state index in [1.165, 1.54) is 0 Å². The van der Waals surface area contributed by atoms with Crippen LogP contribution in [0.2, 0.25) is 17.6 Å². The molecule has 104 valence electrons.